The largest absolute Gasteiger partial charge is 0.407 e. The van der Waals surface area contributed by atoms with E-state index in [1.165, 1.54) is 18.6 Å². The van der Waals surface area contributed by atoms with Crippen LogP contribution in [0.2, 0.25) is 0 Å². The quantitative estimate of drug-likeness (QED) is 0.852. The van der Waals surface area contributed by atoms with Crippen LogP contribution in [0.3, 0.4) is 0 Å². The van der Waals surface area contributed by atoms with Crippen molar-refractivity contribution in [3.8, 4) is 0 Å². The van der Waals surface area contributed by atoms with E-state index in [4.69, 9.17) is 0 Å². The van der Waals surface area contributed by atoms with Crippen molar-refractivity contribution in [2.75, 3.05) is 6.54 Å². The summed E-state index contributed by atoms with van der Waals surface area (Å²) in [6, 6.07) is 6.55. The van der Waals surface area contributed by atoms with E-state index in [0.717, 1.165) is 25.7 Å². The highest BCUT2D eigenvalue weighted by molar-refractivity contribution is 5.20. The van der Waals surface area contributed by atoms with E-state index in [0.29, 0.717) is 18.0 Å². The highest BCUT2D eigenvalue weighted by Gasteiger charge is 2.40. The predicted octanol–water partition coefficient (Wildman–Crippen LogP) is 4.46. The minimum absolute atomic E-state index is 0.297. The second kappa shape index (κ2) is 6.42. The van der Waals surface area contributed by atoms with E-state index in [-0.39, 0.29) is 0 Å². The van der Waals surface area contributed by atoms with E-state index in [1.807, 2.05) is 0 Å². The molecule has 0 bridgehead atoms. The first-order chi connectivity index (χ1) is 9.07. The molecule has 1 aliphatic rings. The van der Waals surface area contributed by atoms with Crippen LogP contribution in [0.25, 0.3) is 0 Å². The average Bonchev–Trinajstić information content (AvgIpc) is 2.40. The van der Waals surface area contributed by atoms with Crippen molar-refractivity contribution in [2.45, 2.75) is 44.3 Å². The predicted molar refractivity (Wildman–Crippen MR) is 69.8 cm³/mol. The first-order valence-electron chi connectivity index (χ1n) is 6.92. The van der Waals surface area contributed by atoms with Crippen LogP contribution >= 0.6 is 0 Å². The number of hydrogen-bond acceptors (Lipinski definition) is 1. The van der Waals surface area contributed by atoms with Crippen molar-refractivity contribution in [2.24, 2.45) is 5.92 Å². The van der Waals surface area contributed by atoms with Crippen LogP contribution in [0, 0.1) is 5.92 Å². The van der Waals surface area contributed by atoms with Gasteiger partial charge in [-0.3, -0.25) is 0 Å². The Hall–Kier alpha value is -1.03. The highest BCUT2D eigenvalue weighted by Crippen LogP contribution is 2.33. The zero-order valence-electron chi connectivity index (χ0n) is 10.9. The van der Waals surface area contributed by atoms with Crippen molar-refractivity contribution >= 4 is 0 Å². The molecule has 1 unspecified atom stereocenters. The van der Waals surface area contributed by atoms with Gasteiger partial charge in [0.15, 0.2) is 0 Å². The van der Waals surface area contributed by atoms with Crippen LogP contribution in [0.5, 0.6) is 0 Å². The van der Waals surface area contributed by atoms with Gasteiger partial charge in [0.2, 0.25) is 0 Å². The van der Waals surface area contributed by atoms with Gasteiger partial charge < -0.3 is 5.32 Å². The number of halogens is 3. The van der Waals surface area contributed by atoms with E-state index >= 15 is 0 Å². The molecular weight excluding hydrogens is 251 g/mol. The third-order valence-corrected chi connectivity index (χ3v) is 3.80. The number of nitrogens with one attached hydrogen (secondary N) is 1. The summed E-state index contributed by atoms with van der Waals surface area (Å²) in [6.07, 6.45) is 1.37. The smallest absolute Gasteiger partial charge is 0.302 e. The van der Waals surface area contributed by atoms with Crippen LogP contribution in [-0.2, 0) is 0 Å². The fourth-order valence-electron chi connectivity index (χ4n) is 2.74. The Morgan fingerprint density at radius 1 is 1.05 bits per heavy atom. The summed E-state index contributed by atoms with van der Waals surface area (Å²) in [5, 5.41) is 2.72. The first kappa shape index (κ1) is 14.4. The lowest BCUT2D eigenvalue weighted by atomic mass is 9.89. The minimum Gasteiger partial charge on any atom is -0.302 e. The van der Waals surface area contributed by atoms with Gasteiger partial charge in [-0.25, -0.2) is 0 Å². The molecule has 4 heteroatoms. The third kappa shape index (κ3) is 4.23. The maximum atomic E-state index is 13.1. The van der Waals surface area contributed by atoms with Gasteiger partial charge in [0.05, 0.1) is 0 Å². The lowest BCUT2D eigenvalue weighted by molar-refractivity contribution is -0.158. The molecular formula is C15H20F3N. The molecule has 0 aromatic heterocycles. The Labute approximate surface area is 112 Å². The Balaban J connectivity index is 1.99. The zero-order valence-corrected chi connectivity index (χ0v) is 10.9. The molecule has 1 aromatic rings. The van der Waals surface area contributed by atoms with Crippen LogP contribution in [0.1, 0.15) is 43.7 Å². The molecule has 1 fully saturated rings. The normalized spacial score (nSPS) is 19.3. The molecule has 1 atom stereocenters. The minimum atomic E-state index is -4.24. The number of benzene rings is 1. The summed E-state index contributed by atoms with van der Waals surface area (Å²) < 4.78 is 39.3. The molecule has 0 radical (unpaired) electrons. The van der Waals surface area contributed by atoms with Gasteiger partial charge in [-0.1, -0.05) is 49.6 Å². The van der Waals surface area contributed by atoms with Gasteiger partial charge in [-0.05, 0) is 30.9 Å². The summed E-state index contributed by atoms with van der Waals surface area (Å²) in [7, 11) is 0. The molecule has 19 heavy (non-hydrogen) atoms. The molecule has 0 aliphatic heterocycles. The number of alkyl halides is 3. The lowest BCUT2D eigenvalue weighted by Gasteiger charge is -2.27. The monoisotopic (exact) mass is 271 g/mol. The van der Waals surface area contributed by atoms with Crippen molar-refractivity contribution in [1.29, 1.82) is 0 Å². The summed E-state index contributed by atoms with van der Waals surface area (Å²) in [5.41, 5.74) is 0.297. The second-order valence-electron chi connectivity index (χ2n) is 5.30. The fraction of sp³-hybridized carbons (Fsp3) is 0.600. The molecule has 1 nitrogen and oxygen atoms in total. The molecule has 106 valence electrons. The summed E-state index contributed by atoms with van der Waals surface area (Å²) in [4.78, 5) is 0. The van der Waals surface area contributed by atoms with Gasteiger partial charge in [-0.2, -0.15) is 13.2 Å². The van der Waals surface area contributed by atoms with Gasteiger partial charge in [-0.15, -0.1) is 0 Å². The van der Waals surface area contributed by atoms with Gasteiger partial charge in [0.1, 0.15) is 6.04 Å². The molecule has 1 saturated carbocycles. The molecule has 1 aromatic carbocycles. The summed E-state index contributed by atoms with van der Waals surface area (Å²) in [6.45, 7) is 0.457. The molecule has 0 amide bonds. The Morgan fingerprint density at radius 3 is 2.26 bits per heavy atom. The maximum Gasteiger partial charge on any atom is 0.407 e. The molecule has 1 N–H and O–H groups in total. The standard InChI is InChI=1S/C15H20F3N/c16-15(17,18)14(13-9-5-2-6-10-13)19-11-12-7-3-1-4-8-12/h2,5-6,9-10,12,14,19H,1,3-4,7-8,11H2. The summed E-state index contributed by atoms with van der Waals surface area (Å²) >= 11 is 0. The third-order valence-electron chi connectivity index (χ3n) is 3.80. The number of rotatable bonds is 4. The number of hydrogen-bond donors (Lipinski definition) is 1. The van der Waals surface area contributed by atoms with Crippen LogP contribution in [-0.4, -0.2) is 12.7 Å². The zero-order chi connectivity index (χ0) is 13.7. The first-order valence-corrected chi connectivity index (χ1v) is 6.92. The van der Waals surface area contributed by atoms with E-state index in [9.17, 15) is 13.2 Å². The Bertz CT molecular complexity index is 369. The highest BCUT2D eigenvalue weighted by atomic mass is 19.4. The topological polar surface area (TPSA) is 12.0 Å². The fourth-order valence-corrected chi connectivity index (χ4v) is 2.74. The van der Waals surface area contributed by atoms with E-state index in [1.54, 1.807) is 18.2 Å². The molecule has 1 aliphatic carbocycles. The van der Waals surface area contributed by atoms with E-state index < -0.39 is 12.2 Å². The van der Waals surface area contributed by atoms with Crippen LogP contribution in [0.15, 0.2) is 30.3 Å². The van der Waals surface area contributed by atoms with Crippen molar-refractivity contribution in [3.63, 3.8) is 0 Å². The second-order valence-corrected chi connectivity index (χ2v) is 5.30. The van der Waals surface area contributed by atoms with Gasteiger partial charge in [0, 0.05) is 0 Å². The van der Waals surface area contributed by atoms with E-state index in [2.05, 4.69) is 5.32 Å². The summed E-state index contributed by atoms with van der Waals surface area (Å²) in [5.74, 6) is 0.391. The Morgan fingerprint density at radius 2 is 1.68 bits per heavy atom. The van der Waals surface area contributed by atoms with Crippen molar-refractivity contribution in [3.05, 3.63) is 35.9 Å². The van der Waals surface area contributed by atoms with Crippen molar-refractivity contribution < 1.29 is 13.2 Å². The lowest BCUT2D eigenvalue weighted by Crippen LogP contribution is -2.37. The molecule has 0 heterocycles. The van der Waals surface area contributed by atoms with Crippen LogP contribution in [0.4, 0.5) is 13.2 Å². The molecule has 0 saturated heterocycles. The SMILES string of the molecule is FC(F)(F)C(NCC1CCCCC1)c1ccccc1. The molecule has 0 spiro atoms. The maximum absolute atomic E-state index is 13.1. The van der Waals surface area contributed by atoms with Crippen molar-refractivity contribution in [1.82, 2.24) is 5.32 Å². The Kier molecular flexibility index (Phi) is 4.86. The molecule has 2 rings (SSSR count). The van der Waals surface area contributed by atoms with Crippen LogP contribution < -0.4 is 5.32 Å². The van der Waals surface area contributed by atoms with Gasteiger partial charge >= 0.3 is 6.18 Å². The average molecular weight is 271 g/mol. The van der Waals surface area contributed by atoms with Gasteiger partial charge in [0.25, 0.3) is 0 Å².